The monoisotopic (exact) mass is 122 g/mol. The second-order valence-corrected chi connectivity index (χ2v) is 0. The molecule has 5 heavy (non-hydrogen) atoms. The van der Waals surface area contributed by atoms with Gasteiger partial charge in [-0.3, -0.25) is 0 Å². The largest absolute Gasteiger partial charge is 2.00 e. The number of hydrogen-bond donors (Lipinski definition) is 2. The molecule has 36 valence electrons. The average molecular weight is 123 g/mol. The van der Waals surface area contributed by atoms with Gasteiger partial charge in [-0.2, -0.15) is 0 Å². The Morgan fingerprint density at radius 1 is 0.800 bits per heavy atom. The maximum atomic E-state index is 7.75. The van der Waals surface area contributed by atoms with E-state index in [1.807, 2.05) is 0 Å². The van der Waals surface area contributed by atoms with Crippen LogP contribution < -0.4 is 11.8 Å². The van der Waals surface area contributed by atoms with Gasteiger partial charge in [0.15, 0.2) is 0 Å². The van der Waals surface area contributed by atoms with E-state index in [2.05, 4.69) is 11.8 Å². The van der Waals surface area contributed by atoms with Crippen molar-refractivity contribution in [1.29, 1.82) is 0 Å². The minimum Gasteiger partial charge on any atom is -0.790 e. The topological polar surface area (TPSA) is 98.2 Å². The third kappa shape index (κ3) is 212. The Balaban J connectivity index is -0.0000000133. The van der Waals surface area contributed by atoms with E-state index in [1.165, 1.54) is 0 Å². The van der Waals surface area contributed by atoms with Crippen molar-refractivity contribution in [3.8, 4) is 0 Å². The summed E-state index contributed by atoms with van der Waals surface area (Å²) in [6.07, 6.45) is 0. The Morgan fingerprint density at radius 2 is 0.800 bits per heavy atom. The van der Waals surface area contributed by atoms with Gasteiger partial charge in [0.1, 0.15) is 0 Å². The van der Waals surface area contributed by atoms with Crippen molar-refractivity contribution in [1.82, 2.24) is 0 Å². The first kappa shape index (κ1) is 18.4. The second-order valence-electron chi connectivity index (χ2n) is 0. The zero-order chi connectivity index (χ0) is 4.00. The summed E-state index contributed by atoms with van der Waals surface area (Å²) in [5.41, 5.74) is 0. The van der Waals surface area contributed by atoms with Crippen molar-refractivity contribution < 1.29 is 16.5 Å². The average Bonchev–Trinajstić information content (AvgIpc) is 1.50. The SMILES string of the molecule is N[O-].N[O-].[Ni+2]. The predicted octanol–water partition coefficient (Wildman–Crippen LogP) is -1.12. The fourth-order valence-corrected chi connectivity index (χ4v) is 0. The molecule has 0 aromatic heterocycles. The molecule has 0 saturated carbocycles. The standard InChI is InChI=1S/2H2NO.Ni/c2*1-2;/h2*1H2;/q2*-1;+2. The van der Waals surface area contributed by atoms with Gasteiger partial charge in [0.2, 0.25) is 0 Å². The van der Waals surface area contributed by atoms with E-state index in [1.54, 1.807) is 0 Å². The third-order valence-electron chi connectivity index (χ3n) is 0. The van der Waals surface area contributed by atoms with Crippen LogP contribution >= 0.6 is 0 Å². The maximum Gasteiger partial charge on any atom is 2.00 e. The summed E-state index contributed by atoms with van der Waals surface area (Å²) in [5.74, 6) is 6.50. The van der Waals surface area contributed by atoms with E-state index in [0.29, 0.717) is 0 Å². The summed E-state index contributed by atoms with van der Waals surface area (Å²) >= 11 is 0. The zero-order valence-corrected chi connectivity index (χ0v) is 3.28. The van der Waals surface area contributed by atoms with Gasteiger partial charge in [0.25, 0.3) is 0 Å². The van der Waals surface area contributed by atoms with Gasteiger partial charge in [-0.1, -0.05) is 0 Å². The number of nitrogens with two attached hydrogens (primary N) is 2. The molecule has 0 fully saturated rings. The molecule has 0 aromatic rings. The molecule has 4 N–H and O–H groups in total. The van der Waals surface area contributed by atoms with Crippen LogP contribution in [-0.2, 0) is 16.5 Å². The van der Waals surface area contributed by atoms with Crippen LogP contribution in [0.5, 0.6) is 0 Å². The summed E-state index contributed by atoms with van der Waals surface area (Å²) in [6.45, 7) is 0. The summed E-state index contributed by atoms with van der Waals surface area (Å²) in [6, 6.07) is 0. The molecule has 0 unspecified atom stereocenters. The Bertz CT molecular complexity index is 7.61. The fourth-order valence-electron chi connectivity index (χ4n) is 0. The van der Waals surface area contributed by atoms with Crippen LogP contribution in [0.3, 0.4) is 0 Å². The van der Waals surface area contributed by atoms with Crippen LogP contribution in [0.15, 0.2) is 0 Å². The first-order chi connectivity index (χ1) is 2.00. The van der Waals surface area contributed by atoms with Crippen LogP contribution in [0.2, 0.25) is 0 Å². The predicted molar refractivity (Wildman–Crippen MR) is 15.1 cm³/mol. The summed E-state index contributed by atoms with van der Waals surface area (Å²) in [5, 5.41) is 15.5. The van der Waals surface area contributed by atoms with Crippen LogP contribution in [0.1, 0.15) is 0 Å². The van der Waals surface area contributed by atoms with Gasteiger partial charge in [0, 0.05) is 0 Å². The molecule has 5 heteroatoms. The minimum atomic E-state index is 0. The van der Waals surface area contributed by atoms with Gasteiger partial charge >= 0.3 is 16.5 Å². The van der Waals surface area contributed by atoms with Crippen LogP contribution in [0, 0.1) is 10.4 Å². The van der Waals surface area contributed by atoms with Crippen molar-refractivity contribution in [3.05, 3.63) is 10.4 Å². The van der Waals surface area contributed by atoms with Crippen molar-refractivity contribution in [2.45, 2.75) is 0 Å². The van der Waals surface area contributed by atoms with E-state index in [4.69, 9.17) is 10.4 Å². The van der Waals surface area contributed by atoms with E-state index in [-0.39, 0.29) is 16.5 Å². The molecular weight excluding hydrogens is 119 g/mol. The molecule has 0 aliphatic rings. The van der Waals surface area contributed by atoms with Gasteiger partial charge in [0.05, 0.1) is 0 Å². The second kappa shape index (κ2) is 433. The normalized spacial score (nSPS) is 2.40. The molecule has 0 aromatic carbocycles. The zero-order valence-electron chi connectivity index (χ0n) is 2.29. The molecule has 0 aliphatic carbocycles. The molecule has 0 saturated heterocycles. The van der Waals surface area contributed by atoms with E-state index >= 15 is 0 Å². The molecule has 0 atom stereocenters. The minimum absolute atomic E-state index is 0. The molecule has 0 radical (unpaired) electrons. The summed E-state index contributed by atoms with van der Waals surface area (Å²) in [4.78, 5) is 0. The van der Waals surface area contributed by atoms with Crippen LogP contribution in [-0.4, -0.2) is 0 Å². The first-order valence-electron chi connectivity index (χ1n) is 0.471. The van der Waals surface area contributed by atoms with Crippen molar-refractivity contribution in [2.24, 2.45) is 11.8 Å². The molecule has 0 spiro atoms. The smallest absolute Gasteiger partial charge is 0.790 e. The Hall–Kier alpha value is 0.334. The van der Waals surface area contributed by atoms with Crippen molar-refractivity contribution in [2.75, 3.05) is 0 Å². The fraction of sp³-hybridized carbons (Fsp3) is 0. The van der Waals surface area contributed by atoms with E-state index in [0.717, 1.165) is 0 Å². The molecule has 0 aliphatic heterocycles. The molecule has 4 nitrogen and oxygen atoms in total. The molecule has 0 rings (SSSR count). The Labute approximate surface area is 39.6 Å². The van der Waals surface area contributed by atoms with Gasteiger partial charge < -0.3 is 22.2 Å². The van der Waals surface area contributed by atoms with Crippen molar-refractivity contribution in [3.63, 3.8) is 0 Å². The van der Waals surface area contributed by atoms with Crippen molar-refractivity contribution >= 4 is 0 Å². The first-order valence-corrected chi connectivity index (χ1v) is 0.471. The Kier molecular flexibility index (Phi) is 1590. The van der Waals surface area contributed by atoms with Gasteiger partial charge in [-0.15, -0.1) is 0 Å². The van der Waals surface area contributed by atoms with Gasteiger partial charge in [-0.25, -0.2) is 0 Å². The molecule has 0 amide bonds. The Morgan fingerprint density at radius 3 is 0.800 bits per heavy atom. The van der Waals surface area contributed by atoms with E-state index in [9.17, 15) is 0 Å². The molecular formula is H4N2NiO2. The third-order valence-corrected chi connectivity index (χ3v) is 0. The summed E-state index contributed by atoms with van der Waals surface area (Å²) < 4.78 is 0. The number of rotatable bonds is 0. The number of hydrogen-bond acceptors (Lipinski definition) is 4. The van der Waals surface area contributed by atoms with E-state index < -0.39 is 0 Å². The van der Waals surface area contributed by atoms with Gasteiger partial charge in [-0.05, 0) is 0 Å². The van der Waals surface area contributed by atoms with Crippen LogP contribution in [0.25, 0.3) is 0 Å². The summed E-state index contributed by atoms with van der Waals surface area (Å²) in [7, 11) is 0. The molecule has 0 bridgehead atoms. The van der Waals surface area contributed by atoms with Crippen LogP contribution in [0.4, 0.5) is 0 Å². The quantitative estimate of drug-likeness (QED) is 0.314. The maximum absolute atomic E-state index is 7.75. The molecule has 0 heterocycles.